The summed E-state index contributed by atoms with van der Waals surface area (Å²) in [6.45, 7) is 1.35. The Balaban J connectivity index is 1.45. The number of carbonyl (C=O) groups excluding carboxylic acids is 1. The first-order valence-corrected chi connectivity index (χ1v) is 8.88. The van der Waals surface area contributed by atoms with Gasteiger partial charge in [-0.1, -0.05) is 15.9 Å². The third kappa shape index (κ3) is 4.96. The number of nitrogens with one attached hydrogen (secondary N) is 3. The van der Waals surface area contributed by atoms with Crippen molar-refractivity contribution in [3.63, 3.8) is 0 Å². The molecule has 2 aromatic carbocycles. The van der Waals surface area contributed by atoms with E-state index in [9.17, 15) is 9.59 Å². The fourth-order valence-electron chi connectivity index (χ4n) is 2.49. The molecular formula is C18H19BrN4O3. The van der Waals surface area contributed by atoms with Crippen molar-refractivity contribution in [3.8, 4) is 5.75 Å². The number of carbonyl (C=O) groups is 1. The SMILES string of the molecule is CN(CCOc1ccc(Br)cc1)CC(=O)Nc1ccc2[nH]c(=O)[nH]c2c1. The summed E-state index contributed by atoms with van der Waals surface area (Å²) in [7, 11) is 1.86. The zero-order chi connectivity index (χ0) is 18.5. The molecule has 26 heavy (non-hydrogen) atoms. The minimum absolute atomic E-state index is 0.131. The number of anilines is 1. The monoisotopic (exact) mass is 418 g/mol. The van der Waals surface area contributed by atoms with Crippen LogP contribution in [0.3, 0.4) is 0 Å². The molecule has 0 radical (unpaired) electrons. The van der Waals surface area contributed by atoms with Gasteiger partial charge in [-0.3, -0.25) is 9.69 Å². The van der Waals surface area contributed by atoms with Gasteiger partial charge in [0.1, 0.15) is 12.4 Å². The van der Waals surface area contributed by atoms with Crippen LogP contribution in [0.4, 0.5) is 5.69 Å². The molecule has 8 heteroatoms. The van der Waals surface area contributed by atoms with E-state index in [1.807, 2.05) is 36.2 Å². The Kier molecular flexibility index (Phi) is 5.75. The highest BCUT2D eigenvalue weighted by atomic mass is 79.9. The topological polar surface area (TPSA) is 90.2 Å². The molecule has 7 nitrogen and oxygen atoms in total. The lowest BCUT2D eigenvalue weighted by atomic mass is 10.2. The summed E-state index contributed by atoms with van der Waals surface area (Å²) in [5.74, 6) is 0.660. The van der Waals surface area contributed by atoms with E-state index in [0.29, 0.717) is 29.9 Å². The maximum atomic E-state index is 12.2. The molecule has 0 spiro atoms. The Morgan fingerprint density at radius 2 is 1.88 bits per heavy atom. The van der Waals surface area contributed by atoms with Crippen LogP contribution >= 0.6 is 15.9 Å². The van der Waals surface area contributed by atoms with Gasteiger partial charge in [0.05, 0.1) is 17.6 Å². The van der Waals surface area contributed by atoms with Crippen LogP contribution in [0.2, 0.25) is 0 Å². The van der Waals surface area contributed by atoms with E-state index >= 15 is 0 Å². The number of likely N-dealkylation sites (N-methyl/N-ethyl adjacent to an activating group) is 1. The van der Waals surface area contributed by atoms with Crippen molar-refractivity contribution in [1.29, 1.82) is 0 Å². The average Bonchev–Trinajstić information content (AvgIpc) is 2.96. The maximum absolute atomic E-state index is 12.2. The van der Waals surface area contributed by atoms with Crippen molar-refractivity contribution in [2.75, 3.05) is 32.1 Å². The zero-order valence-corrected chi connectivity index (χ0v) is 15.8. The minimum Gasteiger partial charge on any atom is -0.492 e. The summed E-state index contributed by atoms with van der Waals surface area (Å²) in [6, 6.07) is 12.8. The summed E-state index contributed by atoms with van der Waals surface area (Å²) in [6.07, 6.45) is 0. The number of nitrogens with zero attached hydrogens (tertiary/aromatic N) is 1. The molecule has 136 valence electrons. The number of fused-ring (bicyclic) bond motifs is 1. The molecule has 0 saturated heterocycles. The Bertz CT molecular complexity index is 949. The molecule has 0 bridgehead atoms. The normalized spacial score (nSPS) is 11.0. The van der Waals surface area contributed by atoms with E-state index in [4.69, 9.17) is 4.74 Å². The number of ether oxygens (including phenoxy) is 1. The molecule has 1 aromatic heterocycles. The Labute approximate surface area is 158 Å². The molecule has 1 amide bonds. The van der Waals surface area contributed by atoms with Gasteiger partial charge in [-0.25, -0.2) is 4.79 Å². The number of hydrogen-bond donors (Lipinski definition) is 3. The Morgan fingerprint density at radius 3 is 2.65 bits per heavy atom. The lowest BCUT2D eigenvalue weighted by Crippen LogP contribution is -2.33. The molecule has 3 rings (SSSR count). The molecule has 3 aromatic rings. The summed E-state index contributed by atoms with van der Waals surface area (Å²) < 4.78 is 6.65. The highest BCUT2D eigenvalue weighted by molar-refractivity contribution is 9.10. The van der Waals surface area contributed by atoms with E-state index in [-0.39, 0.29) is 18.1 Å². The van der Waals surface area contributed by atoms with Crippen LogP contribution in [0.15, 0.2) is 51.7 Å². The lowest BCUT2D eigenvalue weighted by molar-refractivity contribution is -0.117. The van der Waals surface area contributed by atoms with Crippen molar-refractivity contribution in [1.82, 2.24) is 14.9 Å². The number of rotatable bonds is 7. The van der Waals surface area contributed by atoms with Crippen LogP contribution in [0, 0.1) is 0 Å². The number of hydrogen-bond acceptors (Lipinski definition) is 4. The van der Waals surface area contributed by atoms with Gasteiger partial charge in [-0.05, 0) is 49.5 Å². The van der Waals surface area contributed by atoms with Gasteiger partial charge < -0.3 is 20.0 Å². The third-order valence-electron chi connectivity index (χ3n) is 3.77. The summed E-state index contributed by atoms with van der Waals surface area (Å²) in [5, 5.41) is 2.83. The summed E-state index contributed by atoms with van der Waals surface area (Å²) in [4.78, 5) is 30.6. The van der Waals surface area contributed by atoms with Gasteiger partial charge in [0.15, 0.2) is 0 Å². The van der Waals surface area contributed by atoms with Crippen LogP contribution < -0.4 is 15.7 Å². The van der Waals surface area contributed by atoms with Gasteiger partial charge in [-0.2, -0.15) is 0 Å². The van der Waals surface area contributed by atoms with Crippen LogP contribution in [0.5, 0.6) is 5.75 Å². The number of amides is 1. The second-order valence-corrected chi connectivity index (χ2v) is 6.84. The quantitative estimate of drug-likeness (QED) is 0.549. The molecular weight excluding hydrogens is 400 g/mol. The summed E-state index contributed by atoms with van der Waals surface area (Å²) in [5.41, 5.74) is 1.73. The van der Waals surface area contributed by atoms with E-state index in [0.717, 1.165) is 10.2 Å². The zero-order valence-electron chi connectivity index (χ0n) is 14.2. The fraction of sp³-hybridized carbons (Fsp3) is 0.222. The fourth-order valence-corrected chi connectivity index (χ4v) is 2.75. The molecule has 0 aliphatic carbocycles. The van der Waals surface area contributed by atoms with Gasteiger partial charge in [0.25, 0.3) is 0 Å². The predicted octanol–water partition coefficient (Wildman–Crippen LogP) is 2.57. The molecule has 0 aliphatic rings. The van der Waals surface area contributed by atoms with Gasteiger partial charge in [0.2, 0.25) is 5.91 Å². The highest BCUT2D eigenvalue weighted by Gasteiger charge is 2.08. The lowest BCUT2D eigenvalue weighted by Gasteiger charge is -2.16. The van der Waals surface area contributed by atoms with E-state index < -0.39 is 0 Å². The Morgan fingerprint density at radius 1 is 1.15 bits per heavy atom. The maximum Gasteiger partial charge on any atom is 0.323 e. The van der Waals surface area contributed by atoms with Gasteiger partial charge in [0, 0.05) is 16.7 Å². The van der Waals surface area contributed by atoms with Crippen molar-refractivity contribution in [2.45, 2.75) is 0 Å². The molecule has 1 heterocycles. The first-order chi connectivity index (χ1) is 12.5. The van der Waals surface area contributed by atoms with Crippen LogP contribution in [0.25, 0.3) is 11.0 Å². The van der Waals surface area contributed by atoms with Gasteiger partial charge >= 0.3 is 5.69 Å². The summed E-state index contributed by atoms with van der Waals surface area (Å²) >= 11 is 3.38. The highest BCUT2D eigenvalue weighted by Crippen LogP contribution is 2.16. The molecule has 0 atom stereocenters. The molecule has 3 N–H and O–H groups in total. The van der Waals surface area contributed by atoms with Gasteiger partial charge in [-0.15, -0.1) is 0 Å². The number of aromatic amines is 2. The largest absolute Gasteiger partial charge is 0.492 e. The number of aromatic nitrogens is 2. The first kappa shape index (κ1) is 18.2. The molecule has 0 saturated carbocycles. The third-order valence-corrected chi connectivity index (χ3v) is 4.30. The predicted molar refractivity (Wildman–Crippen MR) is 105 cm³/mol. The number of halogens is 1. The second-order valence-electron chi connectivity index (χ2n) is 5.93. The van der Waals surface area contributed by atoms with E-state index in [2.05, 4.69) is 31.2 Å². The van der Waals surface area contributed by atoms with Crippen LogP contribution in [-0.4, -0.2) is 47.5 Å². The Hall–Kier alpha value is -2.58. The smallest absolute Gasteiger partial charge is 0.323 e. The number of H-pyrrole nitrogens is 2. The van der Waals surface area contributed by atoms with Crippen molar-refractivity contribution in [2.24, 2.45) is 0 Å². The number of imidazole rings is 1. The molecule has 0 unspecified atom stereocenters. The molecule has 0 aliphatic heterocycles. The van der Waals surface area contributed by atoms with E-state index in [1.165, 1.54) is 0 Å². The van der Waals surface area contributed by atoms with Crippen molar-refractivity contribution in [3.05, 3.63) is 57.4 Å². The standard InChI is InChI=1S/C18H19BrN4O3/c1-23(8-9-26-14-5-2-12(19)3-6-14)11-17(24)20-13-4-7-15-16(10-13)22-18(25)21-15/h2-7,10H,8-9,11H2,1H3,(H,20,24)(H2,21,22,25). The first-order valence-electron chi connectivity index (χ1n) is 8.08. The molecule has 0 fully saturated rings. The number of benzene rings is 2. The van der Waals surface area contributed by atoms with E-state index in [1.54, 1.807) is 18.2 Å². The minimum atomic E-state index is -0.269. The second kappa shape index (κ2) is 8.20. The van der Waals surface area contributed by atoms with Crippen molar-refractivity contribution >= 4 is 38.6 Å². The average molecular weight is 419 g/mol. The van der Waals surface area contributed by atoms with Crippen LogP contribution in [-0.2, 0) is 4.79 Å². The van der Waals surface area contributed by atoms with Crippen molar-refractivity contribution < 1.29 is 9.53 Å². The van der Waals surface area contributed by atoms with Crippen LogP contribution in [0.1, 0.15) is 0 Å².